The van der Waals surface area contributed by atoms with Crippen LogP contribution >= 0.6 is 11.8 Å². The molecule has 1 amide bonds. The van der Waals surface area contributed by atoms with Crippen LogP contribution in [0, 0.1) is 0 Å². The zero-order valence-corrected chi connectivity index (χ0v) is 10.1. The monoisotopic (exact) mass is 228 g/mol. The standard InChI is InChI=1S/C9H16N4OS/c1-4-7-10-8(12-11-7)9(14)13(2)5-6-15-3/h4-6H2,1-3H3,(H,10,11,12). The van der Waals surface area contributed by atoms with E-state index in [0.29, 0.717) is 0 Å². The van der Waals surface area contributed by atoms with Crippen LogP contribution in [0.3, 0.4) is 0 Å². The van der Waals surface area contributed by atoms with Crippen LogP contribution in [0.4, 0.5) is 0 Å². The highest BCUT2D eigenvalue weighted by Gasteiger charge is 2.15. The van der Waals surface area contributed by atoms with Crippen LogP contribution in [0.2, 0.25) is 0 Å². The molecule has 0 aromatic carbocycles. The Morgan fingerprint density at radius 1 is 1.60 bits per heavy atom. The topological polar surface area (TPSA) is 61.9 Å². The van der Waals surface area contributed by atoms with Crippen molar-refractivity contribution in [3.05, 3.63) is 11.6 Å². The van der Waals surface area contributed by atoms with E-state index in [1.807, 2.05) is 13.2 Å². The Balaban J connectivity index is 2.59. The number of hydrogen-bond acceptors (Lipinski definition) is 4. The second kappa shape index (κ2) is 5.75. The van der Waals surface area contributed by atoms with Crippen LogP contribution in [-0.2, 0) is 6.42 Å². The van der Waals surface area contributed by atoms with Gasteiger partial charge in [-0.15, -0.1) is 5.10 Å². The molecule has 1 N–H and O–H groups in total. The number of rotatable bonds is 5. The lowest BCUT2D eigenvalue weighted by Crippen LogP contribution is -2.29. The number of carbonyl (C=O) groups is 1. The number of hydrogen-bond donors (Lipinski definition) is 1. The van der Waals surface area contributed by atoms with Gasteiger partial charge in [-0.05, 0) is 6.26 Å². The predicted molar refractivity (Wildman–Crippen MR) is 61.1 cm³/mol. The molecule has 0 radical (unpaired) electrons. The summed E-state index contributed by atoms with van der Waals surface area (Å²) in [5, 5.41) is 6.62. The second-order valence-electron chi connectivity index (χ2n) is 3.18. The lowest BCUT2D eigenvalue weighted by Gasteiger charge is -2.13. The van der Waals surface area contributed by atoms with E-state index in [1.165, 1.54) is 0 Å². The fraction of sp³-hybridized carbons (Fsp3) is 0.667. The molecule has 0 aliphatic heterocycles. The third-order valence-electron chi connectivity index (χ3n) is 2.04. The molecule has 0 bridgehead atoms. The van der Waals surface area contributed by atoms with Crippen LogP contribution in [-0.4, -0.2) is 51.6 Å². The Labute approximate surface area is 93.6 Å². The molecule has 0 aliphatic carbocycles. The van der Waals surface area contributed by atoms with Gasteiger partial charge in [-0.1, -0.05) is 6.92 Å². The van der Waals surface area contributed by atoms with Crippen molar-refractivity contribution in [2.75, 3.05) is 25.6 Å². The molecule has 5 nitrogen and oxygen atoms in total. The predicted octanol–water partition coefficient (Wildman–Crippen LogP) is 0.802. The molecule has 1 heterocycles. The number of nitrogens with one attached hydrogen (secondary N) is 1. The van der Waals surface area contributed by atoms with Gasteiger partial charge in [0.1, 0.15) is 5.82 Å². The number of thioether (sulfide) groups is 1. The van der Waals surface area contributed by atoms with Crippen molar-refractivity contribution in [2.24, 2.45) is 0 Å². The Hall–Kier alpha value is -1.04. The van der Waals surface area contributed by atoms with Crippen LogP contribution in [0.1, 0.15) is 23.4 Å². The Morgan fingerprint density at radius 3 is 2.87 bits per heavy atom. The van der Waals surface area contributed by atoms with Gasteiger partial charge in [0, 0.05) is 25.8 Å². The quantitative estimate of drug-likeness (QED) is 0.810. The first kappa shape index (κ1) is 12.0. The van der Waals surface area contributed by atoms with Crippen molar-refractivity contribution in [1.82, 2.24) is 20.1 Å². The highest BCUT2D eigenvalue weighted by molar-refractivity contribution is 7.98. The fourth-order valence-electron chi connectivity index (χ4n) is 1.05. The van der Waals surface area contributed by atoms with Crippen LogP contribution in [0.15, 0.2) is 0 Å². The zero-order chi connectivity index (χ0) is 11.3. The highest BCUT2D eigenvalue weighted by Crippen LogP contribution is 2.00. The molecule has 1 rings (SSSR count). The highest BCUT2D eigenvalue weighted by atomic mass is 32.2. The SMILES string of the molecule is CCc1nc(C(=O)N(C)CCSC)n[nH]1. The summed E-state index contributed by atoms with van der Waals surface area (Å²) >= 11 is 1.71. The summed E-state index contributed by atoms with van der Waals surface area (Å²) in [4.78, 5) is 17.5. The molecule has 0 atom stereocenters. The van der Waals surface area contributed by atoms with Crippen molar-refractivity contribution in [3.63, 3.8) is 0 Å². The third kappa shape index (κ3) is 3.23. The molecule has 1 aromatic rings. The number of aromatic amines is 1. The summed E-state index contributed by atoms with van der Waals surface area (Å²) in [6.45, 7) is 2.68. The first-order valence-electron chi connectivity index (χ1n) is 4.84. The second-order valence-corrected chi connectivity index (χ2v) is 4.16. The minimum absolute atomic E-state index is 0.125. The number of aromatic nitrogens is 3. The van der Waals surface area contributed by atoms with Crippen molar-refractivity contribution in [1.29, 1.82) is 0 Å². The summed E-state index contributed by atoms with van der Waals surface area (Å²) in [6.07, 6.45) is 2.77. The maximum atomic E-state index is 11.8. The van der Waals surface area contributed by atoms with Crippen molar-refractivity contribution in [3.8, 4) is 0 Å². The minimum Gasteiger partial charge on any atom is -0.338 e. The zero-order valence-electron chi connectivity index (χ0n) is 9.28. The lowest BCUT2D eigenvalue weighted by atomic mass is 10.4. The van der Waals surface area contributed by atoms with Gasteiger partial charge in [0.05, 0.1) is 0 Å². The number of H-pyrrole nitrogens is 1. The van der Waals surface area contributed by atoms with E-state index >= 15 is 0 Å². The van der Waals surface area contributed by atoms with Gasteiger partial charge in [0.25, 0.3) is 5.91 Å². The average molecular weight is 228 g/mol. The first-order valence-corrected chi connectivity index (χ1v) is 6.24. The molecule has 15 heavy (non-hydrogen) atoms. The van der Waals surface area contributed by atoms with Crippen LogP contribution < -0.4 is 0 Å². The van der Waals surface area contributed by atoms with Gasteiger partial charge in [-0.3, -0.25) is 9.89 Å². The number of nitrogens with zero attached hydrogens (tertiary/aromatic N) is 3. The number of aryl methyl sites for hydroxylation is 1. The maximum Gasteiger partial charge on any atom is 0.293 e. The van der Waals surface area contributed by atoms with E-state index in [-0.39, 0.29) is 11.7 Å². The van der Waals surface area contributed by atoms with E-state index in [1.54, 1.807) is 23.7 Å². The van der Waals surface area contributed by atoms with E-state index in [4.69, 9.17) is 0 Å². The van der Waals surface area contributed by atoms with Gasteiger partial charge < -0.3 is 4.90 Å². The normalized spacial score (nSPS) is 10.3. The van der Waals surface area contributed by atoms with Gasteiger partial charge in [0.15, 0.2) is 0 Å². The van der Waals surface area contributed by atoms with E-state index in [2.05, 4.69) is 15.2 Å². The average Bonchev–Trinajstić information content (AvgIpc) is 2.73. The third-order valence-corrected chi connectivity index (χ3v) is 2.63. The van der Waals surface area contributed by atoms with Gasteiger partial charge in [-0.2, -0.15) is 11.8 Å². The maximum absolute atomic E-state index is 11.8. The van der Waals surface area contributed by atoms with Gasteiger partial charge >= 0.3 is 0 Å². The Morgan fingerprint density at radius 2 is 2.33 bits per heavy atom. The van der Waals surface area contributed by atoms with Crippen LogP contribution in [0.5, 0.6) is 0 Å². The minimum atomic E-state index is -0.125. The molecular formula is C9H16N4OS. The van der Waals surface area contributed by atoms with Crippen molar-refractivity contribution in [2.45, 2.75) is 13.3 Å². The molecule has 0 spiro atoms. The summed E-state index contributed by atoms with van der Waals surface area (Å²) in [5.41, 5.74) is 0. The molecule has 0 saturated heterocycles. The van der Waals surface area contributed by atoms with Gasteiger partial charge in [0.2, 0.25) is 5.82 Å². The van der Waals surface area contributed by atoms with Crippen molar-refractivity contribution < 1.29 is 4.79 Å². The molecular weight excluding hydrogens is 212 g/mol. The smallest absolute Gasteiger partial charge is 0.293 e. The Kier molecular flexibility index (Phi) is 4.61. The van der Waals surface area contributed by atoms with Crippen molar-refractivity contribution >= 4 is 17.7 Å². The summed E-state index contributed by atoms with van der Waals surface area (Å²) in [5.74, 6) is 1.81. The summed E-state index contributed by atoms with van der Waals surface area (Å²) in [7, 11) is 1.76. The molecule has 84 valence electrons. The lowest BCUT2D eigenvalue weighted by molar-refractivity contribution is 0.0792. The summed E-state index contributed by atoms with van der Waals surface area (Å²) in [6, 6.07) is 0. The van der Waals surface area contributed by atoms with E-state index < -0.39 is 0 Å². The van der Waals surface area contributed by atoms with Crippen LogP contribution in [0.25, 0.3) is 0 Å². The molecule has 0 fully saturated rings. The molecule has 6 heteroatoms. The molecule has 0 saturated carbocycles. The first-order chi connectivity index (χ1) is 7.19. The Bertz CT molecular complexity index is 326. The van der Waals surface area contributed by atoms with E-state index in [9.17, 15) is 4.79 Å². The summed E-state index contributed by atoms with van der Waals surface area (Å²) < 4.78 is 0. The number of carbonyl (C=O) groups excluding carboxylic acids is 1. The fourth-order valence-corrected chi connectivity index (χ4v) is 1.51. The molecule has 0 unspecified atom stereocenters. The number of amides is 1. The van der Waals surface area contributed by atoms with E-state index in [0.717, 1.165) is 24.5 Å². The largest absolute Gasteiger partial charge is 0.338 e. The molecule has 0 aliphatic rings. The van der Waals surface area contributed by atoms with Gasteiger partial charge in [-0.25, -0.2) is 4.98 Å². The molecule has 1 aromatic heterocycles.